The molecular weight excluding hydrogens is 395 g/mol. The number of fused-ring (bicyclic) bond motifs is 1. The van der Waals surface area contributed by atoms with Crippen molar-refractivity contribution in [2.45, 2.75) is 58.7 Å². The molecule has 0 saturated carbocycles. The van der Waals surface area contributed by atoms with Gasteiger partial charge in [0.05, 0.1) is 0 Å². The topological polar surface area (TPSA) is 57.6 Å². The van der Waals surface area contributed by atoms with E-state index in [2.05, 4.69) is 16.8 Å². The minimum absolute atomic E-state index is 0.0624. The molecule has 6 nitrogen and oxygen atoms in total. The number of aromatic nitrogens is 1. The number of hydrogen-bond donors (Lipinski definition) is 1. The van der Waals surface area contributed by atoms with Gasteiger partial charge in [0.15, 0.2) is 0 Å². The first kappa shape index (κ1) is 22.8. The number of hydrogen-bond acceptors (Lipinski definition) is 2. The summed E-state index contributed by atoms with van der Waals surface area (Å²) in [6.07, 6.45) is 3.82. The maximum atomic E-state index is 14.7. The van der Waals surface area contributed by atoms with Gasteiger partial charge >= 0.3 is 6.03 Å². The molecule has 1 aromatic heterocycles. The SMILES string of the molecule is CCCCNC(=O)N(CC(=O)N1CCn2cccc2C1c1ccccc1F)C(C)(C)C. The first-order valence-electron chi connectivity index (χ1n) is 11.0. The lowest BCUT2D eigenvalue weighted by Crippen LogP contribution is -2.55. The van der Waals surface area contributed by atoms with Crippen LogP contribution < -0.4 is 5.32 Å². The van der Waals surface area contributed by atoms with Crippen molar-refractivity contribution < 1.29 is 14.0 Å². The highest BCUT2D eigenvalue weighted by Crippen LogP contribution is 2.34. The van der Waals surface area contributed by atoms with Crippen molar-refractivity contribution in [3.8, 4) is 0 Å². The van der Waals surface area contributed by atoms with Crippen LogP contribution in [-0.2, 0) is 11.3 Å². The van der Waals surface area contributed by atoms with Crippen molar-refractivity contribution in [2.24, 2.45) is 0 Å². The number of carbonyl (C=O) groups is 2. The molecule has 0 bridgehead atoms. The maximum absolute atomic E-state index is 14.7. The Labute approximate surface area is 184 Å². The molecular formula is C24H33FN4O2. The first-order chi connectivity index (χ1) is 14.7. The highest BCUT2D eigenvalue weighted by Gasteiger charge is 2.36. The van der Waals surface area contributed by atoms with E-state index in [1.165, 1.54) is 6.07 Å². The van der Waals surface area contributed by atoms with Crippen LogP contribution in [0, 0.1) is 5.82 Å². The summed E-state index contributed by atoms with van der Waals surface area (Å²) < 4.78 is 16.8. The standard InChI is InChI=1S/C24H33FN4O2/c1-5-6-13-26-23(31)29(24(2,3)4)17-21(30)28-16-15-27-14-9-12-20(27)22(28)18-10-7-8-11-19(18)25/h7-12,14,22H,5-6,13,15-17H2,1-4H3,(H,26,31). The van der Waals surface area contributed by atoms with Gasteiger partial charge in [-0.2, -0.15) is 0 Å². The first-order valence-corrected chi connectivity index (χ1v) is 11.0. The van der Waals surface area contributed by atoms with Crippen LogP contribution in [0.1, 0.15) is 57.8 Å². The van der Waals surface area contributed by atoms with Gasteiger partial charge in [-0.15, -0.1) is 0 Å². The van der Waals surface area contributed by atoms with Crippen molar-refractivity contribution in [1.29, 1.82) is 0 Å². The van der Waals surface area contributed by atoms with Gasteiger partial charge in [0.1, 0.15) is 18.4 Å². The second kappa shape index (κ2) is 9.54. The van der Waals surface area contributed by atoms with Crippen LogP contribution in [0.4, 0.5) is 9.18 Å². The summed E-state index contributed by atoms with van der Waals surface area (Å²) in [4.78, 5) is 29.6. The Hall–Kier alpha value is -2.83. The lowest BCUT2D eigenvalue weighted by molar-refractivity contribution is -0.135. The van der Waals surface area contributed by atoms with E-state index in [1.54, 1.807) is 28.0 Å². The highest BCUT2D eigenvalue weighted by molar-refractivity contribution is 5.85. The Kier molecular flexibility index (Phi) is 7.03. The van der Waals surface area contributed by atoms with Crippen molar-refractivity contribution in [2.75, 3.05) is 19.6 Å². The van der Waals surface area contributed by atoms with E-state index in [0.29, 0.717) is 25.2 Å². The Morgan fingerprint density at radius 2 is 1.90 bits per heavy atom. The lowest BCUT2D eigenvalue weighted by atomic mass is 9.99. The number of carbonyl (C=O) groups excluding carboxylic acids is 2. The molecule has 2 heterocycles. The third-order valence-corrected chi connectivity index (χ3v) is 5.71. The lowest BCUT2D eigenvalue weighted by Gasteiger charge is -2.41. The minimum Gasteiger partial charge on any atom is -0.348 e. The number of halogens is 1. The van der Waals surface area contributed by atoms with Gasteiger partial charge in [0.2, 0.25) is 5.91 Å². The van der Waals surface area contributed by atoms with Crippen LogP contribution in [0.2, 0.25) is 0 Å². The summed E-state index contributed by atoms with van der Waals surface area (Å²) >= 11 is 0. The maximum Gasteiger partial charge on any atom is 0.318 e. The summed E-state index contributed by atoms with van der Waals surface area (Å²) in [5.41, 5.74) is 0.805. The minimum atomic E-state index is -0.532. The summed E-state index contributed by atoms with van der Waals surface area (Å²) in [6, 6.07) is 9.64. The average molecular weight is 429 g/mol. The normalized spacial score (nSPS) is 16.0. The molecule has 0 radical (unpaired) electrons. The predicted molar refractivity (Wildman–Crippen MR) is 119 cm³/mol. The van der Waals surface area contributed by atoms with E-state index in [1.807, 2.05) is 39.1 Å². The molecule has 0 saturated heterocycles. The van der Waals surface area contributed by atoms with Crippen LogP contribution in [0.5, 0.6) is 0 Å². The van der Waals surface area contributed by atoms with E-state index in [9.17, 15) is 14.0 Å². The van der Waals surface area contributed by atoms with Gasteiger partial charge in [-0.1, -0.05) is 31.5 Å². The largest absolute Gasteiger partial charge is 0.348 e. The smallest absolute Gasteiger partial charge is 0.318 e. The van der Waals surface area contributed by atoms with Crippen molar-refractivity contribution in [3.63, 3.8) is 0 Å². The van der Waals surface area contributed by atoms with E-state index in [4.69, 9.17) is 0 Å². The number of nitrogens with one attached hydrogen (secondary N) is 1. The Morgan fingerprint density at radius 3 is 2.58 bits per heavy atom. The van der Waals surface area contributed by atoms with E-state index in [0.717, 1.165) is 18.5 Å². The second-order valence-electron chi connectivity index (χ2n) is 8.98. The number of benzene rings is 1. The molecule has 1 atom stereocenters. The number of nitrogens with zero attached hydrogens (tertiary/aromatic N) is 3. The van der Waals surface area contributed by atoms with Crippen molar-refractivity contribution in [3.05, 3.63) is 59.7 Å². The molecule has 3 rings (SSSR count). The summed E-state index contributed by atoms with van der Waals surface area (Å²) in [7, 11) is 0. The quantitative estimate of drug-likeness (QED) is 0.702. The van der Waals surface area contributed by atoms with Gasteiger partial charge in [-0.3, -0.25) is 4.79 Å². The van der Waals surface area contributed by atoms with Gasteiger partial charge in [0, 0.05) is 42.6 Å². The van der Waals surface area contributed by atoms with Crippen LogP contribution in [0.25, 0.3) is 0 Å². The number of unbranched alkanes of at least 4 members (excludes halogenated alkanes) is 1. The van der Waals surface area contributed by atoms with Crippen LogP contribution in [0.15, 0.2) is 42.6 Å². The van der Waals surface area contributed by atoms with E-state index < -0.39 is 11.6 Å². The summed E-state index contributed by atoms with van der Waals surface area (Å²) in [5, 5.41) is 2.91. The molecule has 1 N–H and O–H groups in total. The second-order valence-corrected chi connectivity index (χ2v) is 8.98. The molecule has 31 heavy (non-hydrogen) atoms. The van der Waals surface area contributed by atoms with Gasteiger partial charge in [-0.25, -0.2) is 9.18 Å². The fourth-order valence-corrected chi connectivity index (χ4v) is 3.98. The molecule has 0 aliphatic carbocycles. The van der Waals surface area contributed by atoms with Gasteiger partial charge < -0.3 is 19.7 Å². The fraction of sp³-hybridized carbons (Fsp3) is 0.500. The molecule has 168 valence electrons. The molecule has 1 unspecified atom stereocenters. The van der Waals surface area contributed by atoms with Gasteiger partial charge in [0.25, 0.3) is 0 Å². The van der Waals surface area contributed by atoms with E-state index >= 15 is 0 Å². The van der Waals surface area contributed by atoms with Crippen LogP contribution >= 0.6 is 0 Å². The Bertz CT molecular complexity index is 918. The predicted octanol–water partition coefficient (Wildman–Crippen LogP) is 4.17. The molecule has 0 spiro atoms. The average Bonchev–Trinajstić information content (AvgIpc) is 3.20. The summed E-state index contributed by atoms with van der Waals surface area (Å²) in [6.45, 7) is 9.40. The van der Waals surface area contributed by atoms with Crippen LogP contribution in [0.3, 0.4) is 0 Å². The van der Waals surface area contributed by atoms with Crippen LogP contribution in [-0.4, -0.2) is 51.5 Å². The number of rotatable bonds is 6. The van der Waals surface area contributed by atoms with Crippen molar-refractivity contribution >= 4 is 11.9 Å². The molecule has 3 amide bonds. The Morgan fingerprint density at radius 1 is 1.16 bits per heavy atom. The number of amides is 3. The molecule has 1 aliphatic heterocycles. The molecule has 0 fully saturated rings. The Balaban J connectivity index is 1.87. The zero-order chi connectivity index (χ0) is 22.6. The summed E-state index contributed by atoms with van der Waals surface area (Å²) in [5.74, 6) is -0.536. The zero-order valence-corrected chi connectivity index (χ0v) is 18.9. The van der Waals surface area contributed by atoms with Gasteiger partial charge in [-0.05, 0) is 45.4 Å². The fourth-order valence-electron chi connectivity index (χ4n) is 3.98. The molecule has 2 aromatic rings. The van der Waals surface area contributed by atoms with E-state index in [-0.39, 0.29) is 24.3 Å². The third-order valence-electron chi connectivity index (χ3n) is 5.71. The molecule has 1 aromatic carbocycles. The third kappa shape index (κ3) is 5.09. The monoisotopic (exact) mass is 428 g/mol. The highest BCUT2D eigenvalue weighted by atomic mass is 19.1. The number of urea groups is 1. The zero-order valence-electron chi connectivity index (χ0n) is 18.9. The van der Waals surface area contributed by atoms with Crippen molar-refractivity contribution in [1.82, 2.24) is 19.7 Å². The molecule has 1 aliphatic rings. The molecule has 7 heteroatoms.